The van der Waals surface area contributed by atoms with Gasteiger partial charge in [-0.05, 0) is 24.3 Å². The first-order valence-corrected chi connectivity index (χ1v) is 10.0. The van der Waals surface area contributed by atoms with Gasteiger partial charge in [-0.1, -0.05) is 11.6 Å². The Labute approximate surface area is 144 Å². The number of carbonyl (C=O) groups excluding carboxylic acids is 1. The lowest BCUT2D eigenvalue weighted by atomic mass is 10.2. The van der Waals surface area contributed by atoms with Crippen LogP contribution in [0.3, 0.4) is 0 Å². The van der Waals surface area contributed by atoms with Gasteiger partial charge in [0.1, 0.15) is 0 Å². The lowest BCUT2D eigenvalue weighted by Gasteiger charge is -2.35. The van der Waals surface area contributed by atoms with Gasteiger partial charge in [-0.3, -0.25) is 9.69 Å². The average Bonchev–Trinajstić information content (AvgIpc) is 2.84. The van der Waals surface area contributed by atoms with Gasteiger partial charge in [0.05, 0.1) is 28.5 Å². The van der Waals surface area contributed by atoms with Crippen LogP contribution in [0.25, 0.3) is 0 Å². The predicted octanol–water partition coefficient (Wildman–Crippen LogP) is 2.68. The highest BCUT2D eigenvalue weighted by molar-refractivity contribution is 7.99. The van der Waals surface area contributed by atoms with Crippen molar-refractivity contribution < 1.29 is 9.53 Å². The van der Waals surface area contributed by atoms with E-state index in [9.17, 15) is 4.79 Å². The van der Waals surface area contributed by atoms with E-state index in [1.807, 2.05) is 23.9 Å². The number of ether oxygens (including phenoxy) is 1. The molecule has 3 rings (SSSR count). The standard InChI is InChI=1S/C15H21ClN2O2S2/c16-14-3-2-13(22-14)15(19)18-4-1-9-21-11-12(18)10-17-5-7-20-8-6-17/h2-3,12H,1,4-11H2. The highest BCUT2D eigenvalue weighted by atomic mass is 35.5. The number of amides is 1. The lowest BCUT2D eigenvalue weighted by molar-refractivity contribution is 0.0246. The largest absolute Gasteiger partial charge is 0.379 e. The fourth-order valence-electron chi connectivity index (χ4n) is 2.90. The molecule has 122 valence electrons. The van der Waals surface area contributed by atoms with Crippen molar-refractivity contribution in [1.29, 1.82) is 0 Å². The third-order valence-electron chi connectivity index (χ3n) is 4.06. The quantitative estimate of drug-likeness (QED) is 0.829. The van der Waals surface area contributed by atoms with Crippen LogP contribution in [0.5, 0.6) is 0 Å². The Kier molecular flexibility index (Phi) is 6.04. The topological polar surface area (TPSA) is 32.8 Å². The normalized spacial score (nSPS) is 24.2. The first-order chi connectivity index (χ1) is 10.7. The van der Waals surface area contributed by atoms with Crippen molar-refractivity contribution in [2.45, 2.75) is 12.5 Å². The summed E-state index contributed by atoms with van der Waals surface area (Å²) in [6.07, 6.45) is 1.06. The minimum atomic E-state index is 0.137. The maximum Gasteiger partial charge on any atom is 0.264 e. The van der Waals surface area contributed by atoms with Crippen molar-refractivity contribution in [3.05, 3.63) is 21.3 Å². The van der Waals surface area contributed by atoms with Crippen LogP contribution in [0.2, 0.25) is 4.34 Å². The van der Waals surface area contributed by atoms with Gasteiger partial charge in [0, 0.05) is 31.9 Å². The smallest absolute Gasteiger partial charge is 0.264 e. The van der Waals surface area contributed by atoms with Crippen molar-refractivity contribution in [2.24, 2.45) is 0 Å². The summed E-state index contributed by atoms with van der Waals surface area (Å²) in [4.78, 5) is 18.1. The van der Waals surface area contributed by atoms with E-state index in [0.717, 1.165) is 62.2 Å². The molecule has 2 saturated heterocycles. The number of carbonyl (C=O) groups is 1. The maximum absolute atomic E-state index is 12.8. The molecule has 1 aromatic heterocycles. The van der Waals surface area contributed by atoms with Crippen LogP contribution in [0.4, 0.5) is 0 Å². The van der Waals surface area contributed by atoms with E-state index in [0.29, 0.717) is 4.34 Å². The SMILES string of the molecule is O=C(c1ccc(Cl)s1)N1CCCSCC1CN1CCOCC1. The summed E-state index contributed by atoms with van der Waals surface area (Å²) in [5, 5.41) is 0. The Hall–Kier alpha value is -0.270. The van der Waals surface area contributed by atoms with Gasteiger partial charge in [0.15, 0.2) is 0 Å². The van der Waals surface area contributed by atoms with Crippen LogP contribution >= 0.6 is 34.7 Å². The van der Waals surface area contributed by atoms with E-state index in [1.165, 1.54) is 11.3 Å². The Morgan fingerprint density at radius 1 is 1.32 bits per heavy atom. The van der Waals surface area contributed by atoms with Crippen molar-refractivity contribution >= 4 is 40.6 Å². The zero-order valence-electron chi connectivity index (χ0n) is 12.5. The van der Waals surface area contributed by atoms with E-state index in [-0.39, 0.29) is 11.9 Å². The molecule has 4 nitrogen and oxygen atoms in total. The number of thioether (sulfide) groups is 1. The molecule has 2 fully saturated rings. The molecule has 1 atom stereocenters. The minimum Gasteiger partial charge on any atom is -0.379 e. The molecule has 22 heavy (non-hydrogen) atoms. The average molecular weight is 361 g/mol. The van der Waals surface area contributed by atoms with Gasteiger partial charge < -0.3 is 9.64 Å². The molecule has 0 bridgehead atoms. The Balaban J connectivity index is 1.70. The number of halogens is 1. The number of hydrogen-bond acceptors (Lipinski definition) is 5. The van der Waals surface area contributed by atoms with Crippen LogP contribution in [0, 0.1) is 0 Å². The summed E-state index contributed by atoms with van der Waals surface area (Å²) in [6, 6.07) is 3.93. The van der Waals surface area contributed by atoms with E-state index >= 15 is 0 Å². The van der Waals surface area contributed by atoms with Gasteiger partial charge in [0.25, 0.3) is 5.91 Å². The predicted molar refractivity (Wildman–Crippen MR) is 93.4 cm³/mol. The van der Waals surface area contributed by atoms with Crippen LogP contribution < -0.4 is 0 Å². The first-order valence-electron chi connectivity index (χ1n) is 7.68. The van der Waals surface area contributed by atoms with Gasteiger partial charge in [-0.25, -0.2) is 0 Å². The molecule has 1 amide bonds. The second kappa shape index (κ2) is 8.02. The van der Waals surface area contributed by atoms with Crippen LogP contribution in [0.15, 0.2) is 12.1 Å². The fourth-order valence-corrected chi connectivity index (χ4v) is 4.96. The van der Waals surface area contributed by atoms with Crippen LogP contribution in [0.1, 0.15) is 16.1 Å². The van der Waals surface area contributed by atoms with Crippen molar-refractivity contribution in [2.75, 3.05) is 50.9 Å². The molecule has 0 spiro atoms. The number of hydrogen-bond donors (Lipinski definition) is 0. The molecule has 0 saturated carbocycles. The summed E-state index contributed by atoms with van der Waals surface area (Å²) < 4.78 is 6.10. The molecule has 0 N–H and O–H groups in total. The molecule has 2 aliphatic rings. The van der Waals surface area contributed by atoms with Gasteiger partial charge in [0.2, 0.25) is 0 Å². The van der Waals surface area contributed by atoms with Crippen molar-refractivity contribution in [1.82, 2.24) is 9.80 Å². The van der Waals surface area contributed by atoms with Gasteiger partial charge in [-0.2, -0.15) is 11.8 Å². The number of rotatable bonds is 3. The number of nitrogens with zero attached hydrogens (tertiary/aromatic N) is 2. The molecule has 0 radical (unpaired) electrons. The third kappa shape index (κ3) is 4.17. The zero-order chi connectivity index (χ0) is 15.4. The molecule has 2 aliphatic heterocycles. The van der Waals surface area contributed by atoms with Crippen molar-refractivity contribution in [3.8, 4) is 0 Å². The molecule has 0 aliphatic carbocycles. The molecular weight excluding hydrogens is 340 g/mol. The van der Waals surface area contributed by atoms with E-state index in [2.05, 4.69) is 9.80 Å². The monoisotopic (exact) mass is 360 g/mol. The van der Waals surface area contributed by atoms with E-state index < -0.39 is 0 Å². The summed E-state index contributed by atoms with van der Waals surface area (Å²) in [6.45, 7) is 5.32. The summed E-state index contributed by atoms with van der Waals surface area (Å²) in [5.41, 5.74) is 0. The maximum atomic E-state index is 12.8. The second-order valence-corrected chi connectivity index (χ2v) is 8.46. The van der Waals surface area contributed by atoms with E-state index in [4.69, 9.17) is 16.3 Å². The number of thiophene rings is 1. The van der Waals surface area contributed by atoms with Gasteiger partial charge in [-0.15, -0.1) is 11.3 Å². The fraction of sp³-hybridized carbons (Fsp3) is 0.667. The third-order valence-corrected chi connectivity index (χ3v) is 6.47. The Morgan fingerprint density at radius 3 is 2.86 bits per heavy atom. The Bertz CT molecular complexity index is 505. The van der Waals surface area contributed by atoms with Crippen LogP contribution in [-0.4, -0.2) is 72.6 Å². The van der Waals surface area contributed by atoms with Gasteiger partial charge >= 0.3 is 0 Å². The molecule has 1 aromatic rings. The van der Waals surface area contributed by atoms with Crippen LogP contribution in [-0.2, 0) is 4.74 Å². The minimum absolute atomic E-state index is 0.137. The highest BCUT2D eigenvalue weighted by Gasteiger charge is 2.29. The summed E-state index contributed by atoms with van der Waals surface area (Å²) in [5.74, 6) is 2.29. The first kappa shape index (κ1) is 16.6. The molecule has 0 aromatic carbocycles. The lowest BCUT2D eigenvalue weighted by Crippen LogP contribution is -2.50. The highest BCUT2D eigenvalue weighted by Crippen LogP contribution is 2.26. The summed E-state index contributed by atoms with van der Waals surface area (Å²) >= 11 is 9.33. The molecule has 1 unspecified atom stereocenters. The molecule has 3 heterocycles. The van der Waals surface area contributed by atoms with E-state index in [1.54, 1.807) is 0 Å². The molecular formula is C15H21ClN2O2S2. The van der Waals surface area contributed by atoms with Crippen molar-refractivity contribution in [3.63, 3.8) is 0 Å². The zero-order valence-corrected chi connectivity index (χ0v) is 14.9. The summed E-state index contributed by atoms with van der Waals surface area (Å²) in [7, 11) is 0. The number of morpholine rings is 1. The molecule has 7 heteroatoms. The Morgan fingerprint density at radius 2 is 2.14 bits per heavy atom. The second-order valence-electron chi connectivity index (χ2n) is 5.60.